The highest BCUT2D eigenvalue weighted by atomic mass is 35.5. The maximum Gasteiger partial charge on any atom is 0.269 e. The number of nitrogens with two attached hydrogens (primary N) is 1. The molecule has 0 aliphatic rings. The van der Waals surface area contributed by atoms with Crippen molar-refractivity contribution in [2.75, 3.05) is 0 Å². The van der Waals surface area contributed by atoms with Crippen LogP contribution in [0, 0.1) is 13.8 Å². The molecule has 1 aromatic carbocycles. The van der Waals surface area contributed by atoms with Gasteiger partial charge in [0, 0.05) is 5.56 Å². The first-order valence-corrected chi connectivity index (χ1v) is 6.63. The molecule has 21 heavy (non-hydrogen) atoms. The van der Waals surface area contributed by atoms with E-state index in [0.717, 1.165) is 16.7 Å². The average molecular weight is 300 g/mol. The van der Waals surface area contributed by atoms with E-state index < -0.39 is 5.91 Å². The van der Waals surface area contributed by atoms with Crippen molar-refractivity contribution in [3.05, 3.63) is 59.4 Å². The van der Waals surface area contributed by atoms with Crippen molar-refractivity contribution < 1.29 is 4.79 Å². The Morgan fingerprint density at radius 2 is 2.00 bits per heavy atom. The number of carbonyl (C=O) groups is 1. The van der Waals surface area contributed by atoms with E-state index in [1.165, 1.54) is 4.52 Å². The smallest absolute Gasteiger partial charge is 0.269 e. The molecule has 2 aromatic heterocycles. The number of primary amides is 1. The number of aryl methyl sites for hydroxylation is 1. The Bertz CT molecular complexity index is 852. The molecular weight excluding hydrogens is 288 g/mol. The van der Waals surface area contributed by atoms with Crippen LogP contribution in [0.15, 0.2) is 30.3 Å². The topological polar surface area (TPSA) is 73.3 Å². The van der Waals surface area contributed by atoms with Gasteiger partial charge in [0.1, 0.15) is 0 Å². The number of imidazole rings is 1. The van der Waals surface area contributed by atoms with Gasteiger partial charge in [0.2, 0.25) is 0 Å². The zero-order valence-corrected chi connectivity index (χ0v) is 12.1. The fourth-order valence-electron chi connectivity index (χ4n) is 2.18. The van der Waals surface area contributed by atoms with Crippen LogP contribution in [0.2, 0.25) is 5.15 Å². The van der Waals surface area contributed by atoms with Crippen molar-refractivity contribution >= 4 is 23.2 Å². The van der Waals surface area contributed by atoms with Crippen LogP contribution in [0.25, 0.3) is 16.8 Å². The number of hydrogen-bond donors (Lipinski definition) is 1. The number of fused-ring (bicyclic) bond motifs is 1. The SMILES string of the molecule is [CH2]c1c(C(N)=O)nc2c(-c3ccc(C)cc3)cc(Cl)nn12. The van der Waals surface area contributed by atoms with Gasteiger partial charge in [-0.2, -0.15) is 5.10 Å². The van der Waals surface area contributed by atoms with Gasteiger partial charge in [0.05, 0.1) is 5.69 Å². The van der Waals surface area contributed by atoms with Gasteiger partial charge in [-0.1, -0.05) is 41.4 Å². The molecule has 0 aliphatic carbocycles. The van der Waals surface area contributed by atoms with Crippen LogP contribution in [0.5, 0.6) is 0 Å². The maximum atomic E-state index is 11.4. The number of halogens is 1. The van der Waals surface area contributed by atoms with Crippen LogP contribution in [-0.4, -0.2) is 20.5 Å². The van der Waals surface area contributed by atoms with Crippen molar-refractivity contribution in [3.63, 3.8) is 0 Å². The molecule has 105 valence electrons. The second-order valence-electron chi connectivity index (χ2n) is 4.75. The minimum Gasteiger partial charge on any atom is -0.364 e. The first-order chi connectivity index (χ1) is 9.97. The Balaban J connectivity index is 2.34. The van der Waals surface area contributed by atoms with Gasteiger partial charge in [-0.15, -0.1) is 0 Å². The normalized spacial score (nSPS) is 11.0. The second-order valence-corrected chi connectivity index (χ2v) is 5.14. The molecule has 0 unspecified atom stereocenters. The van der Waals surface area contributed by atoms with Gasteiger partial charge in [-0.25, -0.2) is 9.50 Å². The molecule has 0 saturated heterocycles. The standard InChI is InChI=1S/C15H12ClN4O/c1-8-3-5-10(6-4-8)11-7-12(16)19-20-9(2)13(14(17)21)18-15(11)20/h3-7H,2H2,1H3,(H2,17,21). The molecule has 0 fully saturated rings. The lowest BCUT2D eigenvalue weighted by atomic mass is 10.1. The third-order valence-electron chi connectivity index (χ3n) is 3.24. The number of aromatic nitrogens is 3. The Morgan fingerprint density at radius 3 is 2.62 bits per heavy atom. The summed E-state index contributed by atoms with van der Waals surface area (Å²) in [6.07, 6.45) is 0. The van der Waals surface area contributed by atoms with Crippen molar-refractivity contribution in [1.29, 1.82) is 0 Å². The van der Waals surface area contributed by atoms with Crippen molar-refractivity contribution in [2.24, 2.45) is 5.73 Å². The Kier molecular flexibility index (Phi) is 3.14. The minimum absolute atomic E-state index is 0.0955. The molecule has 3 rings (SSSR count). The Hall–Kier alpha value is -2.40. The molecule has 0 aliphatic heterocycles. The van der Waals surface area contributed by atoms with Gasteiger partial charge >= 0.3 is 0 Å². The first kappa shape index (κ1) is 13.6. The lowest BCUT2D eigenvalue weighted by molar-refractivity contribution is 0.0996. The van der Waals surface area contributed by atoms with E-state index in [9.17, 15) is 4.79 Å². The third-order valence-corrected chi connectivity index (χ3v) is 3.43. The highest BCUT2D eigenvalue weighted by Crippen LogP contribution is 2.27. The van der Waals surface area contributed by atoms with Crippen molar-refractivity contribution in [1.82, 2.24) is 14.6 Å². The van der Waals surface area contributed by atoms with Gasteiger partial charge in [-0.3, -0.25) is 4.79 Å². The highest BCUT2D eigenvalue weighted by Gasteiger charge is 2.18. The number of hydrogen-bond acceptors (Lipinski definition) is 3. The number of nitrogens with zero attached hydrogens (tertiary/aromatic N) is 3. The molecule has 3 aromatic rings. The lowest BCUT2D eigenvalue weighted by Gasteiger charge is -2.05. The van der Waals surface area contributed by atoms with Crippen LogP contribution in [0.4, 0.5) is 0 Å². The van der Waals surface area contributed by atoms with E-state index >= 15 is 0 Å². The molecule has 0 spiro atoms. The monoisotopic (exact) mass is 299 g/mol. The Morgan fingerprint density at radius 1 is 1.33 bits per heavy atom. The van der Waals surface area contributed by atoms with Crippen LogP contribution < -0.4 is 5.73 Å². The molecule has 1 amide bonds. The molecule has 0 saturated carbocycles. The van der Waals surface area contributed by atoms with Crippen LogP contribution >= 0.6 is 11.6 Å². The first-order valence-electron chi connectivity index (χ1n) is 6.25. The van der Waals surface area contributed by atoms with Gasteiger partial charge in [0.15, 0.2) is 16.5 Å². The number of rotatable bonds is 2. The van der Waals surface area contributed by atoms with Crippen LogP contribution in [0.1, 0.15) is 21.7 Å². The molecular formula is C15H12ClN4O. The molecule has 0 bridgehead atoms. The minimum atomic E-state index is -0.642. The summed E-state index contributed by atoms with van der Waals surface area (Å²) >= 11 is 6.06. The van der Waals surface area contributed by atoms with E-state index in [0.29, 0.717) is 11.3 Å². The maximum absolute atomic E-state index is 11.4. The fourth-order valence-corrected chi connectivity index (χ4v) is 2.36. The quantitative estimate of drug-likeness (QED) is 0.790. The Labute approximate surface area is 126 Å². The van der Waals surface area contributed by atoms with E-state index in [1.807, 2.05) is 31.2 Å². The molecule has 0 atom stereocenters. The predicted octanol–water partition coefficient (Wildman–Crippen LogP) is 2.64. The summed E-state index contributed by atoms with van der Waals surface area (Å²) in [6, 6.07) is 9.61. The molecule has 6 heteroatoms. The van der Waals surface area contributed by atoms with E-state index in [2.05, 4.69) is 17.0 Å². The second kappa shape index (κ2) is 4.86. The van der Waals surface area contributed by atoms with E-state index in [-0.39, 0.29) is 10.8 Å². The molecule has 2 heterocycles. The zero-order chi connectivity index (χ0) is 15.1. The van der Waals surface area contributed by atoms with E-state index in [4.69, 9.17) is 17.3 Å². The number of carbonyl (C=O) groups excluding carboxylic acids is 1. The highest BCUT2D eigenvalue weighted by molar-refractivity contribution is 6.29. The molecule has 2 N–H and O–H groups in total. The lowest BCUT2D eigenvalue weighted by Crippen LogP contribution is -2.13. The summed E-state index contributed by atoms with van der Waals surface area (Å²) in [5, 5.41) is 4.42. The summed E-state index contributed by atoms with van der Waals surface area (Å²) in [4.78, 5) is 15.7. The molecule has 5 nitrogen and oxygen atoms in total. The van der Waals surface area contributed by atoms with Gasteiger partial charge in [-0.05, 0) is 25.5 Å². The number of amides is 1. The van der Waals surface area contributed by atoms with Crippen LogP contribution in [-0.2, 0) is 0 Å². The zero-order valence-electron chi connectivity index (χ0n) is 11.3. The summed E-state index contributed by atoms with van der Waals surface area (Å²) in [7, 11) is 0. The third kappa shape index (κ3) is 2.25. The van der Waals surface area contributed by atoms with Gasteiger partial charge < -0.3 is 5.73 Å². The van der Waals surface area contributed by atoms with Crippen LogP contribution in [0.3, 0.4) is 0 Å². The van der Waals surface area contributed by atoms with Crippen molar-refractivity contribution in [3.8, 4) is 11.1 Å². The summed E-state index contributed by atoms with van der Waals surface area (Å²) in [5.41, 5.74) is 9.08. The van der Waals surface area contributed by atoms with Crippen molar-refractivity contribution in [2.45, 2.75) is 6.92 Å². The summed E-state index contributed by atoms with van der Waals surface area (Å²) < 4.78 is 1.44. The fraction of sp³-hybridized carbons (Fsp3) is 0.0667. The average Bonchev–Trinajstić information content (AvgIpc) is 2.77. The molecule has 1 radical (unpaired) electrons. The van der Waals surface area contributed by atoms with Gasteiger partial charge in [0.25, 0.3) is 5.91 Å². The summed E-state index contributed by atoms with van der Waals surface area (Å²) in [6.45, 7) is 5.81. The number of benzene rings is 1. The van der Waals surface area contributed by atoms with E-state index in [1.54, 1.807) is 6.07 Å². The summed E-state index contributed by atoms with van der Waals surface area (Å²) in [5.74, 6) is -0.642. The largest absolute Gasteiger partial charge is 0.364 e. The predicted molar refractivity (Wildman–Crippen MR) is 81.1 cm³/mol.